The van der Waals surface area contributed by atoms with Gasteiger partial charge in [0.2, 0.25) is 0 Å². The number of thiophene rings is 1. The Bertz CT molecular complexity index is 1150. The average molecular weight is 395 g/mol. The van der Waals surface area contributed by atoms with Crippen LogP contribution in [0.5, 0.6) is 0 Å². The number of carbonyl (C=O) groups is 1. The van der Waals surface area contributed by atoms with Crippen LogP contribution in [0.15, 0.2) is 35.7 Å². The van der Waals surface area contributed by atoms with Crippen molar-refractivity contribution in [2.75, 3.05) is 14.1 Å². The van der Waals surface area contributed by atoms with Gasteiger partial charge in [-0.3, -0.25) is 0 Å². The van der Waals surface area contributed by atoms with Crippen molar-refractivity contribution < 1.29 is 4.79 Å². The average Bonchev–Trinajstić information content (AvgIpc) is 3.31. The number of hydrogen-bond acceptors (Lipinski definition) is 5. The molecule has 4 aromatic rings. The number of aromatic nitrogens is 4. The first-order valence-corrected chi connectivity index (χ1v) is 9.91. The van der Waals surface area contributed by atoms with Gasteiger partial charge >= 0.3 is 6.03 Å². The summed E-state index contributed by atoms with van der Waals surface area (Å²) in [7, 11) is 3.54. The van der Waals surface area contributed by atoms with Crippen molar-refractivity contribution in [3.63, 3.8) is 0 Å². The molecule has 0 aliphatic carbocycles. The van der Waals surface area contributed by atoms with Gasteiger partial charge in [0.05, 0.1) is 18.6 Å². The number of carbonyl (C=O) groups excluding carboxylic acids is 1. The second kappa shape index (κ2) is 7.20. The van der Waals surface area contributed by atoms with E-state index in [4.69, 9.17) is 0 Å². The Hall–Kier alpha value is -3.00. The molecule has 0 radical (unpaired) electrons. The lowest BCUT2D eigenvalue weighted by Crippen LogP contribution is -2.38. The molecule has 0 unspecified atom stereocenters. The molecule has 0 atom stereocenters. The number of urea groups is 1. The van der Waals surface area contributed by atoms with Crippen LogP contribution in [0.3, 0.4) is 0 Å². The molecule has 0 N–H and O–H groups in total. The predicted octanol–water partition coefficient (Wildman–Crippen LogP) is 3.64. The first kappa shape index (κ1) is 18.4. The monoisotopic (exact) mass is 394 g/mol. The van der Waals surface area contributed by atoms with Gasteiger partial charge < -0.3 is 9.80 Å². The van der Waals surface area contributed by atoms with E-state index in [1.807, 2.05) is 22.4 Å². The van der Waals surface area contributed by atoms with E-state index in [9.17, 15) is 4.79 Å². The molecule has 0 saturated carbocycles. The molecule has 0 spiro atoms. The van der Waals surface area contributed by atoms with Gasteiger partial charge in [-0.25, -0.2) is 4.79 Å². The zero-order valence-corrected chi connectivity index (χ0v) is 17.2. The maximum absolute atomic E-state index is 12.8. The van der Waals surface area contributed by atoms with E-state index in [1.165, 1.54) is 5.56 Å². The molecule has 0 saturated heterocycles. The normalized spacial score (nSPS) is 11.3. The standard InChI is InChI=1S/C20H22N6OS/c1-13-8-14(2)18-15(9-13)10-16(19-21-22-23-26(18)19)11-25(20(27)24(3)4)12-17-6-5-7-28-17/h5-10H,11-12H2,1-4H3. The van der Waals surface area contributed by atoms with E-state index in [1.54, 1.807) is 34.8 Å². The van der Waals surface area contributed by atoms with Crippen molar-refractivity contribution in [3.05, 3.63) is 57.3 Å². The van der Waals surface area contributed by atoms with Crippen LogP contribution in [0.25, 0.3) is 16.6 Å². The molecule has 28 heavy (non-hydrogen) atoms. The molecule has 3 aromatic heterocycles. The van der Waals surface area contributed by atoms with Crippen molar-refractivity contribution >= 4 is 33.9 Å². The number of benzene rings is 1. The lowest BCUT2D eigenvalue weighted by Gasteiger charge is -2.26. The lowest BCUT2D eigenvalue weighted by molar-refractivity contribution is 0.166. The Kier molecular flexibility index (Phi) is 4.72. The molecule has 144 valence electrons. The number of pyridine rings is 1. The van der Waals surface area contributed by atoms with Gasteiger partial charge in [0.15, 0.2) is 5.65 Å². The van der Waals surface area contributed by atoms with E-state index < -0.39 is 0 Å². The third-order valence-electron chi connectivity index (χ3n) is 4.71. The highest BCUT2D eigenvalue weighted by Gasteiger charge is 2.20. The number of fused-ring (bicyclic) bond motifs is 3. The van der Waals surface area contributed by atoms with E-state index in [-0.39, 0.29) is 6.03 Å². The number of hydrogen-bond donors (Lipinski definition) is 0. The van der Waals surface area contributed by atoms with Gasteiger partial charge in [0.1, 0.15) is 0 Å². The molecular formula is C20H22N6OS. The smallest absolute Gasteiger partial charge is 0.320 e. The Morgan fingerprint density at radius 3 is 2.71 bits per heavy atom. The molecule has 0 fully saturated rings. The van der Waals surface area contributed by atoms with Crippen molar-refractivity contribution in [1.82, 2.24) is 29.8 Å². The Morgan fingerprint density at radius 1 is 1.18 bits per heavy atom. The summed E-state index contributed by atoms with van der Waals surface area (Å²) in [5.74, 6) is 0. The van der Waals surface area contributed by atoms with E-state index in [0.29, 0.717) is 18.7 Å². The minimum Gasteiger partial charge on any atom is -0.331 e. The van der Waals surface area contributed by atoms with Crippen LogP contribution in [0, 0.1) is 13.8 Å². The first-order valence-electron chi connectivity index (χ1n) is 9.03. The summed E-state index contributed by atoms with van der Waals surface area (Å²) in [6, 6.07) is 10.4. The van der Waals surface area contributed by atoms with Crippen LogP contribution in [-0.2, 0) is 13.1 Å². The SMILES string of the molecule is Cc1cc(C)c2c(c1)cc(CN(Cc1cccs1)C(=O)N(C)C)c1nnnn12. The topological polar surface area (TPSA) is 66.6 Å². The van der Waals surface area contributed by atoms with Gasteiger partial charge in [-0.2, -0.15) is 4.52 Å². The van der Waals surface area contributed by atoms with E-state index in [2.05, 4.69) is 47.6 Å². The largest absolute Gasteiger partial charge is 0.331 e. The summed E-state index contributed by atoms with van der Waals surface area (Å²) in [4.78, 5) is 17.4. The van der Waals surface area contributed by atoms with Crippen LogP contribution >= 0.6 is 11.3 Å². The summed E-state index contributed by atoms with van der Waals surface area (Å²) in [5, 5.41) is 15.4. The molecule has 0 aliphatic rings. The third-order valence-corrected chi connectivity index (χ3v) is 5.57. The molecule has 4 rings (SSSR count). The number of tetrazole rings is 1. The van der Waals surface area contributed by atoms with Gasteiger partial charge in [-0.05, 0) is 53.4 Å². The summed E-state index contributed by atoms with van der Waals surface area (Å²) < 4.78 is 1.78. The van der Waals surface area contributed by atoms with Crippen LogP contribution in [0.2, 0.25) is 0 Å². The van der Waals surface area contributed by atoms with Crippen LogP contribution in [0.4, 0.5) is 4.79 Å². The fourth-order valence-corrected chi connectivity index (χ4v) is 4.29. The van der Waals surface area contributed by atoms with Gasteiger partial charge in [-0.15, -0.1) is 16.4 Å². The molecule has 7 nitrogen and oxygen atoms in total. The number of amides is 2. The second-order valence-corrected chi connectivity index (χ2v) is 8.25. The summed E-state index contributed by atoms with van der Waals surface area (Å²) in [6.07, 6.45) is 0. The summed E-state index contributed by atoms with van der Waals surface area (Å²) in [5.41, 5.74) is 4.91. The zero-order chi connectivity index (χ0) is 19.8. The van der Waals surface area contributed by atoms with E-state index in [0.717, 1.165) is 26.9 Å². The minimum atomic E-state index is -0.0421. The third kappa shape index (κ3) is 3.31. The fraction of sp³-hybridized carbons (Fsp3) is 0.300. The second-order valence-electron chi connectivity index (χ2n) is 7.22. The van der Waals surface area contributed by atoms with Gasteiger partial charge in [-0.1, -0.05) is 17.7 Å². The highest BCUT2D eigenvalue weighted by Crippen LogP contribution is 2.25. The lowest BCUT2D eigenvalue weighted by atomic mass is 10.0. The zero-order valence-electron chi connectivity index (χ0n) is 16.4. The maximum atomic E-state index is 12.8. The molecule has 0 aliphatic heterocycles. The Labute approximate surface area is 167 Å². The minimum absolute atomic E-state index is 0.0421. The van der Waals surface area contributed by atoms with Gasteiger partial charge in [0, 0.05) is 29.9 Å². The quantitative estimate of drug-likeness (QED) is 0.530. The van der Waals surface area contributed by atoms with E-state index >= 15 is 0 Å². The first-order chi connectivity index (χ1) is 13.4. The van der Waals surface area contributed by atoms with Crippen LogP contribution < -0.4 is 0 Å². The van der Waals surface area contributed by atoms with Crippen molar-refractivity contribution in [2.45, 2.75) is 26.9 Å². The predicted molar refractivity (Wildman–Crippen MR) is 110 cm³/mol. The number of rotatable bonds is 4. The fourth-order valence-electron chi connectivity index (χ4n) is 3.57. The Balaban J connectivity index is 1.81. The summed E-state index contributed by atoms with van der Waals surface area (Å²) in [6.45, 7) is 5.12. The molecule has 8 heteroatoms. The van der Waals surface area contributed by atoms with Crippen LogP contribution in [0.1, 0.15) is 21.6 Å². The highest BCUT2D eigenvalue weighted by molar-refractivity contribution is 7.09. The summed E-state index contributed by atoms with van der Waals surface area (Å²) >= 11 is 1.64. The molecule has 3 heterocycles. The van der Waals surface area contributed by atoms with Gasteiger partial charge in [0.25, 0.3) is 0 Å². The van der Waals surface area contributed by atoms with Crippen molar-refractivity contribution in [1.29, 1.82) is 0 Å². The van der Waals surface area contributed by atoms with Crippen molar-refractivity contribution in [2.24, 2.45) is 0 Å². The molecular weight excluding hydrogens is 372 g/mol. The molecule has 1 aromatic carbocycles. The highest BCUT2D eigenvalue weighted by atomic mass is 32.1. The van der Waals surface area contributed by atoms with Crippen molar-refractivity contribution in [3.8, 4) is 0 Å². The Morgan fingerprint density at radius 2 is 2.00 bits per heavy atom. The molecule has 2 amide bonds. The number of nitrogens with zero attached hydrogens (tertiary/aromatic N) is 6. The van der Waals surface area contributed by atoms with Crippen LogP contribution in [-0.4, -0.2) is 50.0 Å². The maximum Gasteiger partial charge on any atom is 0.320 e. The number of aryl methyl sites for hydroxylation is 2. The molecule has 0 bridgehead atoms.